The average Bonchev–Trinajstić information content (AvgIpc) is 3.22. The molecular weight excluding hydrogens is 346 g/mol. The van der Waals surface area contributed by atoms with E-state index in [0.29, 0.717) is 4.91 Å². The standard InChI is InChI=1S/C20H15N3S2/c1-2-23-13-14(16-7-3-5-9-18(16)23)11-15(12-21)24-20-22-17-8-4-6-10-19(17)25-20/h3-11,13H,2H2,1H3/b15-11+. The topological polar surface area (TPSA) is 41.6 Å². The molecule has 0 saturated heterocycles. The van der Waals surface area contributed by atoms with E-state index in [1.54, 1.807) is 11.3 Å². The van der Waals surface area contributed by atoms with Gasteiger partial charge in [0.25, 0.3) is 0 Å². The van der Waals surface area contributed by atoms with Gasteiger partial charge in [-0.3, -0.25) is 0 Å². The molecule has 0 saturated carbocycles. The number of rotatable bonds is 4. The van der Waals surface area contributed by atoms with Gasteiger partial charge in [0.1, 0.15) is 6.07 Å². The van der Waals surface area contributed by atoms with Crippen LogP contribution < -0.4 is 0 Å². The van der Waals surface area contributed by atoms with Crippen molar-refractivity contribution in [1.82, 2.24) is 9.55 Å². The van der Waals surface area contributed by atoms with E-state index in [9.17, 15) is 5.26 Å². The molecule has 0 fully saturated rings. The van der Waals surface area contributed by atoms with Crippen molar-refractivity contribution in [3.8, 4) is 6.07 Å². The first kappa shape index (κ1) is 15.9. The highest BCUT2D eigenvalue weighted by Crippen LogP contribution is 2.35. The predicted molar refractivity (Wildman–Crippen MR) is 107 cm³/mol. The van der Waals surface area contributed by atoms with Crippen molar-refractivity contribution in [2.24, 2.45) is 0 Å². The van der Waals surface area contributed by atoms with Crippen molar-refractivity contribution < 1.29 is 0 Å². The van der Waals surface area contributed by atoms with Gasteiger partial charge in [0.15, 0.2) is 4.34 Å². The van der Waals surface area contributed by atoms with E-state index in [-0.39, 0.29) is 0 Å². The predicted octanol–water partition coefficient (Wildman–Crippen LogP) is 5.93. The van der Waals surface area contributed by atoms with E-state index in [0.717, 1.165) is 26.7 Å². The molecule has 0 aliphatic heterocycles. The van der Waals surface area contributed by atoms with Crippen LogP contribution in [0.2, 0.25) is 0 Å². The first-order chi connectivity index (χ1) is 12.3. The molecule has 0 bridgehead atoms. The summed E-state index contributed by atoms with van der Waals surface area (Å²) >= 11 is 3.05. The van der Waals surface area contributed by atoms with Crippen LogP contribution in [0.25, 0.3) is 27.2 Å². The first-order valence-corrected chi connectivity index (χ1v) is 9.65. The summed E-state index contributed by atoms with van der Waals surface area (Å²) in [6, 6.07) is 18.7. The molecule has 3 nitrogen and oxygen atoms in total. The molecule has 4 aromatic rings. The summed E-state index contributed by atoms with van der Waals surface area (Å²) in [5, 5.41) is 10.8. The van der Waals surface area contributed by atoms with Gasteiger partial charge in [0.2, 0.25) is 0 Å². The second-order valence-electron chi connectivity index (χ2n) is 5.56. The van der Waals surface area contributed by atoms with Crippen LogP contribution in [0.1, 0.15) is 12.5 Å². The Labute approximate surface area is 154 Å². The van der Waals surface area contributed by atoms with E-state index in [1.165, 1.54) is 22.7 Å². The van der Waals surface area contributed by atoms with Crippen LogP contribution in [0, 0.1) is 11.3 Å². The number of allylic oxidation sites excluding steroid dienone is 1. The van der Waals surface area contributed by atoms with Gasteiger partial charge in [-0.1, -0.05) is 30.3 Å². The van der Waals surface area contributed by atoms with Gasteiger partial charge in [-0.25, -0.2) is 4.98 Å². The van der Waals surface area contributed by atoms with Gasteiger partial charge in [-0.05, 0) is 43.0 Å². The van der Waals surface area contributed by atoms with Crippen LogP contribution in [0.5, 0.6) is 0 Å². The van der Waals surface area contributed by atoms with E-state index in [1.807, 2.05) is 36.4 Å². The van der Waals surface area contributed by atoms with Gasteiger partial charge < -0.3 is 4.57 Å². The van der Waals surface area contributed by atoms with Crippen LogP contribution in [-0.2, 0) is 6.54 Å². The second kappa shape index (κ2) is 6.75. The highest BCUT2D eigenvalue weighted by atomic mass is 32.2. The number of thiazole rings is 1. The third kappa shape index (κ3) is 3.07. The molecule has 0 spiro atoms. The van der Waals surface area contributed by atoms with E-state index in [2.05, 4.69) is 46.9 Å². The Kier molecular flexibility index (Phi) is 4.31. The molecule has 2 aromatic carbocycles. The molecule has 25 heavy (non-hydrogen) atoms. The summed E-state index contributed by atoms with van der Waals surface area (Å²) in [5.74, 6) is 0. The van der Waals surface area contributed by atoms with Gasteiger partial charge in [-0.2, -0.15) is 5.26 Å². The Bertz CT molecular complexity index is 1100. The van der Waals surface area contributed by atoms with Crippen molar-refractivity contribution in [3.63, 3.8) is 0 Å². The molecule has 4 rings (SSSR count). The zero-order chi connectivity index (χ0) is 17.2. The maximum absolute atomic E-state index is 9.59. The molecular formula is C20H15N3S2. The van der Waals surface area contributed by atoms with Crippen LogP contribution in [-0.4, -0.2) is 9.55 Å². The van der Waals surface area contributed by atoms with Gasteiger partial charge >= 0.3 is 0 Å². The van der Waals surface area contributed by atoms with Crippen molar-refractivity contribution in [3.05, 3.63) is 65.2 Å². The number of thioether (sulfide) groups is 1. The molecule has 2 heterocycles. The molecule has 0 unspecified atom stereocenters. The number of benzene rings is 2. The molecule has 2 aromatic heterocycles. The summed E-state index contributed by atoms with van der Waals surface area (Å²) in [4.78, 5) is 5.26. The van der Waals surface area contributed by atoms with Crippen molar-refractivity contribution in [1.29, 1.82) is 5.26 Å². The normalized spacial score (nSPS) is 11.9. The minimum Gasteiger partial charge on any atom is -0.347 e. The number of fused-ring (bicyclic) bond motifs is 2. The largest absolute Gasteiger partial charge is 0.347 e. The number of hydrogen-bond acceptors (Lipinski definition) is 4. The number of para-hydroxylation sites is 2. The highest BCUT2D eigenvalue weighted by molar-refractivity contribution is 8.05. The second-order valence-corrected chi connectivity index (χ2v) is 7.88. The smallest absolute Gasteiger partial charge is 0.156 e. The third-order valence-electron chi connectivity index (χ3n) is 4.03. The van der Waals surface area contributed by atoms with E-state index in [4.69, 9.17) is 0 Å². The van der Waals surface area contributed by atoms with E-state index < -0.39 is 0 Å². The zero-order valence-electron chi connectivity index (χ0n) is 13.6. The molecule has 0 N–H and O–H groups in total. The summed E-state index contributed by atoms with van der Waals surface area (Å²) < 4.78 is 4.25. The average molecular weight is 361 g/mol. The molecule has 0 aliphatic carbocycles. The Hall–Kier alpha value is -2.55. The third-order valence-corrected chi connectivity index (χ3v) is 6.05. The minimum absolute atomic E-state index is 0.651. The monoisotopic (exact) mass is 361 g/mol. The lowest BCUT2D eigenvalue weighted by Crippen LogP contribution is -1.89. The Morgan fingerprint density at radius 1 is 1.24 bits per heavy atom. The Morgan fingerprint density at radius 3 is 2.84 bits per heavy atom. The lowest BCUT2D eigenvalue weighted by atomic mass is 10.1. The maximum Gasteiger partial charge on any atom is 0.156 e. The maximum atomic E-state index is 9.59. The molecule has 0 aliphatic rings. The number of nitrogens with zero attached hydrogens (tertiary/aromatic N) is 3. The van der Waals surface area contributed by atoms with Gasteiger partial charge in [0, 0.05) is 29.2 Å². The SMILES string of the molecule is CCn1cc(/C=C(\C#N)Sc2nc3ccccc3s2)c2ccccc21. The Balaban J connectivity index is 1.72. The molecule has 0 radical (unpaired) electrons. The Morgan fingerprint density at radius 2 is 2.04 bits per heavy atom. The summed E-state index contributed by atoms with van der Waals surface area (Å²) in [6.45, 7) is 3.03. The fourth-order valence-electron chi connectivity index (χ4n) is 2.87. The van der Waals surface area contributed by atoms with Crippen LogP contribution in [0.3, 0.4) is 0 Å². The molecule has 0 amide bonds. The zero-order valence-corrected chi connectivity index (χ0v) is 15.3. The quantitative estimate of drug-likeness (QED) is 0.334. The number of aromatic nitrogens is 2. The van der Waals surface area contributed by atoms with Gasteiger partial charge in [-0.15, -0.1) is 11.3 Å². The molecule has 122 valence electrons. The van der Waals surface area contributed by atoms with Crippen molar-refractivity contribution in [2.45, 2.75) is 17.8 Å². The lowest BCUT2D eigenvalue weighted by molar-refractivity contribution is 0.797. The summed E-state index contributed by atoms with van der Waals surface area (Å²) in [7, 11) is 0. The molecule has 0 atom stereocenters. The minimum atomic E-state index is 0.651. The lowest BCUT2D eigenvalue weighted by Gasteiger charge is -1.98. The summed E-state index contributed by atoms with van der Waals surface area (Å²) in [6.07, 6.45) is 4.08. The fourth-order valence-corrected chi connectivity index (χ4v) is 4.83. The first-order valence-electron chi connectivity index (χ1n) is 8.01. The van der Waals surface area contributed by atoms with Crippen molar-refractivity contribution >= 4 is 50.3 Å². The fraction of sp³-hybridized carbons (Fsp3) is 0.100. The number of hydrogen-bond donors (Lipinski definition) is 0. The molecule has 5 heteroatoms. The number of aryl methyl sites for hydroxylation is 1. The van der Waals surface area contributed by atoms with Crippen LogP contribution in [0.15, 0.2) is 64.0 Å². The van der Waals surface area contributed by atoms with Gasteiger partial charge in [0.05, 0.1) is 15.1 Å². The van der Waals surface area contributed by atoms with Crippen molar-refractivity contribution in [2.75, 3.05) is 0 Å². The summed E-state index contributed by atoms with van der Waals surface area (Å²) in [5.41, 5.74) is 3.25. The highest BCUT2D eigenvalue weighted by Gasteiger charge is 2.10. The van der Waals surface area contributed by atoms with E-state index >= 15 is 0 Å². The number of nitriles is 1. The van der Waals surface area contributed by atoms with Crippen LogP contribution >= 0.6 is 23.1 Å². The van der Waals surface area contributed by atoms with Crippen LogP contribution in [0.4, 0.5) is 0 Å².